The van der Waals surface area contributed by atoms with Crippen molar-refractivity contribution < 1.29 is 0 Å². The van der Waals surface area contributed by atoms with Gasteiger partial charge in [0.1, 0.15) is 5.52 Å². The molecule has 0 spiro atoms. The first-order valence-corrected chi connectivity index (χ1v) is 6.17. The van der Waals surface area contributed by atoms with Crippen molar-refractivity contribution in [2.75, 3.05) is 5.32 Å². The van der Waals surface area contributed by atoms with Crippen molar-refractivity contribution in [1.82, 2.24) is 19.5 Å². The number of hydrogen-bond donors (Lipinski definition) is 1. The lowest BCUT2D eigenvalue weighted by atomic mass is 10.3. The van der Waals surface area contributed by atoms with Gasteiger partial charge in [-0.05, 0) is 32.0 Å². The fraction of sp³-hybridized carbons (Fsp3) is 0.214. The van der Waals surface area contributed by atoms with Crippen LogP contribution in [0.4, 0.5) is 11.6 Å². The van der Waals surface area contributed by atoms with E-state index < -0.39 is 0 Å². The summed E-state index contributed by atoms with van der Waals surface area (Å²) < 4.78 is 2.03. The Morgan fingerprint density at radius 2 is 2.00 bits per heavy atom. The van der Waals surface area contributed by atoms with E-state index in [0.29, 0.717) is 12.0 Å². The maximum atomic E-state index is 4.52. The summed E-state index contributed by atoms with van der Waals surface area (Å²) in [4.78, 5) is 13.1. The molecule has 19 heavy (non-hydrogen) atoms. The van der Waals surface area contributed by atoms with Crippen LogP contribution < -0.4 is 5.32 Å². The van der Waals surface area contributed by atoms with Crippen LogP contribution in [0.5, 0.6) is 0 Å². The normalized spacial score (nSPS) is 11.1. The van der Waals surface area contributed by atoms with Crippen molar-refractivity contribution in [3.63, 3.8) is 0 Å². The van der Waals surface area contributed by atoms with Crippen LogP contribution in [0, 0.1) is 6.07 Å². The van der Waals surface area contributed by atoms with E-state index in [1.54, 1.807) is 12.5 Å². The van der Waals surface area contributed by atoms with Crippen LogP contribution in [-0.2, 0) is 0 Å². The minimum atomic E-state index is 0.319. The van der Waals surface area contributed by atoms with Crippen LogP contribution in [0.3, 0.4) is 0 Å². The van der Waals surface area contributed by atoms with Gasteiger partial charge in [-0.25, -0.2) is 9.97 Å². The first-order valence-electron chi connectivity index (χ1n) is 6.17. The van der Waals surface area contributed by atoms with Gasteiger partial charge in [0.05, 0.1) is 12.5 Å². The molecule has 0 amide bonds. The summed E-state index contributed by atoms with van der Waals surface area (Å²) in [6.45, 7) is 4.20. The zero-order valence-electron chi connectivity index (χ0n) is 10.8. The number of anilines is 2. The van der Waals surface area contributed by atoms with E-state index in [2.05, 4.69) is 40.2 Å². The quantitative estimate of drug-likeness (QED) is 0.778. The van der Waals surface area contributed by atoms with E-state index >= 15 is 0 Å². The van der Waals surface area contributed by atoms with Crippen molar-refractivity contribution in [1.29, 1.82) is 0 Å². The Balaban J connectivity index is 1.99. The summed E-state index contributed by atoms with van der Waals surface area (Å²) in [7, 11) is 0. The van der Waals surface area contributed by atoms with Gasteiger partial charge in [0.15, 0.2) is 5.65 Å². The van der Waals surface area contributed by atoms with Gasteiger partial charge < -0.3 is 9.88 Å². The van der Waals surface area contributed by atoms with Crippen LogP contribution in [0.2, 0.25) is 0 Å². The molecule has 0 saturated carbocycles. The van der Waals surface area contributed by atoms with Gasteiger partial charge in [-0.3, -0.25) is 0 Å². The predicted molar refractivity (Wildman–Crippen MR) is 74.3 cm³/mol. The minimum absolute atomic E-state index is 0.319. The molecule has 3 rings (SSSR count). The van der Waals surface area contributed by atoms with Gasteiger partial charge in [0, 0.05) is 11.7 Å². The van der Waals surface area contributed by atoms with Crippen molar-refractivity contribution >= 4 is 22.8 Å². The third kappa shape index (κ3) is 2.27. The van der Waals surface area contributed by atoms with Gasteiger partial charge in [-0.15, -0.1) is 0 Å². The number of benzene rings is 1. The molecule has 0 aliphatic carbocycles. The van der Waals surface area contributed by atoms with Gasteiger partial charge in [0.25, 0.3) is 0 Å². The SMILES string of the molecule is CC(C)n1cnc2cnc(Nc3cc[c]cc3)nc21. The molecule has 0 aliphatic heterocycles. The highest BCUT2D eigenvalue weighted by molar-refractivity contribution is 5.71. The second-order valence-corrected chi connectivity index (χ2v) is 4.56. The molecule has 1 radical (unpaired) electrons. The van der Waals surface area contributed by atoms with E-state index in [0.717, 1.165) is 16.9 Å². The number of aromatic nitrogens is 4. The minimum Gasteiger partial charge on any atom is -0.324 e. The first kappa shape index (κ1) is 11.6. The van der Waals surface area contributed by atoms with Crippen LogP contribution in [-0.4, -0.2) is 19.5 Å². The van der Waals surface area contributed by atoms with E-state index in [1.165, 1.54) is 0 Å². The van der Waals surface area contributed by atoms with E-state index in [-0.39, 0.29) is 0 Å². The van der Waals surface area contributed by atoms with Crippen molar-refractivity contribution in [2.45, 2.75) is 19.9 Å². The average molecular weight is 252 g/mol. The molecule has 0 fully saturated rings. The Bertz CT molecular complexity index is 687. The van der Waals surface area contributed by atoms with Crippen molar-refractivity contribution in [3.05, 3.63) is 42.9 Å². The molecule has 5 nitrogen and oxygen atoms in total. The zero-order valence-corrected chi connectivity index (χ0v) is 10.8. The Labute approximate surface area is 111 Å². The van der Waals surface area contributed by atoms with Crippen LogP contribution in [0.15, 0.2) is 36.8 Å². The fourth-order valence-corrected chi connectivity index (χ4v) is 1.86. The second kappa shape index (κ2) is 4.68. The van der Waals surface area contributed by atoms with Gasteiger partial charge in [0.2, 0.25) is 5.95 Å². The lowest BCUT2D eigenvalue weighted by Gasteiger charge is -2.08. The summed E-state index contributed by atoms with van der Waals surface area (Å²) in [6.07, 6.45) is 3.53. The molecule has 95 valence electrons. The smallest absolute Gasteiger partial charge is 0.229 e. The Kier molecular flexibility index (Phi) is 2.87. The number of nitrogens with zero attached hydrogens (tertiary/aromatic N) is 4. The molecular formula is C14H14N5. The Morgan fingerprint density at radius 1 is 1.21 bits per heavy atom. The lowest BCUT2D eigenvalue weighted by molar-refractivity contribution is 0.613. The van der Waals surface area contributed by atoms with E-state index in [4.69, 9.17) is 0 Å². The fourth-order valence-electron chi connectivity index (χ4n) is 1.86. The van der Waals surface area contributed by atoms with Gasteiger partial charge in [-0.1, -0.05) is 12.1 Å². The highest BCUT2D eigenvalue weighted by Crippen LogP contribution is 2.18. The lowest BCUT2D eigenvalue weighted by Crippen LogP contribution is -2.02. The number of hydrogen-bond acceptors (Lipinski definition) is 4. The monoisotopic (exact) mass is 252 g/mol. The van der Waals surface area contributed by atoms with E-state index in [9.17, 15) is 0 Å². The van der Waals surface area contributed by atoms with Crippen LogP contribution in [0.25, 0.3) is 11.2 Å². The summed E-state index contributed by atoms with van der Waals surface area (Å²) in [5.41, 5.74) is 2.59. The summed E-state index contributed by atoms with van der Waals surface area (Å²) >= 11 is 0. The van der Waals surface area contributed by atoms with Crippen molar-refractivity contribution in [3.8, 4) is 0 Å². The number of nitrogens with one attached hydrogen (secondary N) is 1. The highest BCUT2D eigenvalue weighted by Gasteiger charge is 2.08. The summed E-state index contributed by atoms with van der Waals surface area (Å²) in [5.74, 6) is 0.570. The Morgan fingerprint density at radius 3 is 2.74 bits per heavy atom. The number of rotatable bonds is 3. The predicted octanol–water partition coefficient (Wildman–Crippen LogP) is 2.95. The third-order valence-electron chi connectivity index (χ3n) is 2.85. The Hall–Kier alpha value is -2.43. The zero-order chi connectivity index (χ0) is 13.2. The molecule has 0 atom stereocenters. The number of imidazole rings is 1. The molecule has 2 heterocycles. The molecule has 1 N–H and O–H groups in total. The number of fused-ring (bicyclic) bond motifs is 1. The third-order valence-corrected chi connectivity index (χ3v) is 2.85. The largest absolute Gasteiger partial charge is 0.324 e. The average Bonchev–Trinajstić information content (AvgIpc) is 2.83. The van der Waals surface area contributed by atoms with E-state index in [1.807, 2.05) is 28.8 Å². The molecule has 3 aromatic rings. The maximum Gasteiger partial charge on any atom is 0.229 e. The molecule has 0 saturated heterocycles. The standard InChI is InChI=1S/C14H14N5/c1-10(2)19-9-16-12-8-15-14(18-13(12)19)17-11-6-4-3-5-7-11/h4-10H,1-2H3,(H,15,17,18). The van der Waals surface area contributed by atoms with Crippen LogP contribution >= 0.6 is 0 Å². The molecule has 1 aromatic carbocycles. The highest BCUT2D eigenvalue weighted by atomic mass is 15.2. The van der Waals surface area contributed by atoms with Gasteiger partial charge >= 0.3 is 0 Å². The molecule has 0 aliphatic rings. The maximum absolute atomic E-state index is 4.52. The molecule has 0 unspecified atom stereocenters. The molecule has 5 heteroatoms. The first-order chi connectivity index (χ1) is 9.24. The second-order valence-electron chi connectivity index (χ2n) is 4.56. The molecule has 2 aromatic heterocycles. The van der Waals surface area contributed by atoms with Crippen molar-refractivity contribution in [2.24, 2.45) is 0 Å². The van der Waals surface area contributed by atoms with Gasteiger partial charge in [-0.2, -0.15) is 4.98 Å². The summed E-state index contributed by atoms with van der Waals surface area (Å²) in [6, 6.07) is 10.8. The topological polar surface area (TPSA) is 55.6 Å². The molecular weight excluding hydrogens is 238 g/mol. The molecule has 0 bridgehead atoms. The van der Waals surface area contributed by atoms with Crippen LogP contribution in [0.1, 0.15) is 19.9 Å². The summed E-state index contributed by atoms with van der Waals surface area (Å²) in [5, 5.41) is 3.17.